The van der Waals surface area contributed by atoms with Crippen molar-refractivity contribution in [1.82, 2.24) is 15.2 Å². The number of halogens is 1. The predicted molar refractivity (Wildman–Crippen MR) is 126 cm³/mol. The lowest BCUT2D eigenvalue weighted by atomic mass is 10.1. The standard InChI is InChI=1S/C20H30N4OS.HI/c1-3-21-20(24-14-11-16(12-15-24)25-4-2)22-13-7-10-19-23-17-8-5-6-9-18(17)26-19;/h5-6,8-9,16H,3-4,7,10-15H2,1-2H3,(H,21,22);1H. The molecule has 2 heterocycles. The normalized spacial score (nSPS) is 15.8. The minimum atomic E-state index is 0. The molecule has 0 saturated carbocycles. The van der Waals surface area contributed by atoms with Crippen LogP contribution in [0.5, 0.6) is 0 Å². The van der Waals surface area contributed by atoms with Crippen molar-refractivity contribution < 1.29 is 4.74 Å². The third-order valence-electron chi connectivity index (χ3n) is 4.63. The minimum absolute atomic E-state index is 0. The zero-order valence-corrected chi connectivity index (χ0v) is 19.5. The van der Waals surface area contributed by atoms with Gasteiger partial charge in [-0.1, -0.05) is 12.1 Å². The number of fused-ring (bicyclic) bond motifs is 1. The first kappa shape index (κ1) is 22.4. The van der Waals surface area contributed by atoms with Gasteiger partial charge in [-0.05, 0) is 45.2 Å². The van der Waals surface area contributed by atoms with Crippen LogP contribution in [0, 0.1) is 0 Å². The fourth-order valence-corrected chi connectivity index (χ4v) is 4.35. The Morgan fingerprint density at radius 2 is 2.07 bits per heavy atom. The van der Waals surface area contributed by atoms with E-state index >= 15 is 0 Å². The van der Waals surface area contributed by atoms with Gasteiger partial charge in [0.15, 0.2) is 5.96 Å². The molecule has 0 spiro atoms. The van der Waals surface area contributed by atoms with Gasteiger partial charge in [-0.15, -0.1) is 35.3 Å². The molecule has 27 heavy (non-hydrogen) atoms. The Bertz CT molecular complexity index is 680. The number of nitrogens with one attached hydrogen (secondary N) is 1. The summed E-state index contributed by atoms with van der Waals surface area (Å²) in [5, 5.41) is 4.65. The molecule has 1 N–H and O–H groups in total. The van der Waals surface area contributed by atoms with E-state index in [1.165, 1.54) is 9.71 Å². The fraction of sp³-hybridized carbons (Fsp3) is 0.600. The Morgan fingerprint density at radius 1 is 1.30 bits per heavy atom. The van der Waals surface area contributed by atoms with E-state index in [-0.39, 0.29) is 24.0 Å². The van der Waals surface area contributed by atoms with Crippen LogP contribution >= 0.6 is 35.3 Å². The van der Waals surface area contributed by atoms with Crippen molar-refractivity contribution in [2.45, 2.75) is 45.6 Å². The Labute approximate surface area is 183 Å². The summed E-state index contributed by atoms with van der Waals surface area (Å²) in [7, 11) is 0. The van der Waals surface area contributed by atoms with Crippen molar-refractivity contribution >= 4 is 51.5 Å². The van der Waals surface area contributed by atoms with Crippen LogP contribution in [0.4, 0.5) is 0 Å². The number of aliphatic imine (C=N–C) groups is 1. The van der Waals surface area contributed by atoms with E-state index in [4.69, 9.17) is 14.7 Å². The van der Waals surface area contributed by atoms with Gasteiger partial charge in [-0.2, -0.15) is 0 Å². The first-order valence-electron chi connectivity index (χ1n) is 9.79. The molecule has 0 radical (unpaired) electrons. The van der Waals surface area contributed by atoms with E-state index in [9.17, 15) is 0 Å². The van der Waals surface area contributed by atoms with Gasteiger partial charge < -0.3 is 15.0 Å². The summed E-state index contributed by atoms with van der Waals surface area (Å²) in [6, 6.07) is 8.35. The van der Waals surface area contributed by atoms with E-state index in [0.717, 1.165) is 69.9 Å². The summed E-state index contributed by atoms with van der Waals surface area (Å²) in [6.45, 7) is 8.80. The second-order valence-electron chi connectivity index (χ2n) is 6.56. The van der Waals surface area contributed by atoms with E-state index in [1.54, 1.807) is 11.3 Å². The van der Waals surface area contributed by atoms with Gasteiger partial charge in [-0.3, -0.25) is 4.99 Å². The number of likely N-dealkylation sites (tertiary alicyclic amines) is 1. The summed E-state index contributed by atoms with van der Waals surface area (Å²) < 4.78 is 7.03. The molecule has 150 valence electrons. The topological polar surface area (TPSA) is 49.8 Å². The molecule has 0 unspecified atom stereocenters. The summed E-state index contributed by atoms with van der Waals surface area (Å²) in [5.74, 6) is 1.05. The Morgan fingerprint density at radius 3 is 2.78 bits per heavy atom. The van der Waals surface area contributed by atoms with Gasteiger partial charge in [0.05, 0.1) is 21.3 Å². The maximum absolute atomic E-state index is 5.75. The monoisotopic (exact) mass is 502 g/mol. The van der Waals surface area contributed by atoms with Gasteiger partial charge >= 0.3 is 0 Å². The highest BCUT2D eigenvalue weighted by molar-refractivity contribution is 14.0. The van der Waals surface area contributed by atoms with Crippen molar-refractivity contribution in [2.75, 3.05) is 32.8 Å². The van der Waals surface area contributed by atoms with Gasteiger partial charge in [-0.25, -0.2) is 4.98 Å². The lowest BCUT2D eigenvalue weighted by molar-refractivity contribution is 0.0264. The largest absolute Gasteiger partial charge is 0.378 e. The second-order valence-corrected chi connectivity index (χ2v) is 7.67. The average Bonchev–Trinajstić information content (AvgIpc) is 3.08. The summed E-state index contributed by atoms with van der Waals surface area (Å²) >= 11 is 1.80. The number of ether oxygens (including phenoxy) is 1. The second kappa shape index (κ2) is 11.8. The molecule has 1 aliphatic rings. The van der Waals surface area contributed by atoms with E-state index in [0.29, 0.717) is 6.10 Å². The third kappa shape index (κ3) is 6.57. The maximum atomic E-state index is 5.75. The van der Waals surface area contributed by atoms with Crippen molar-refractivity contribution in [2.24, 2.45) is 4.99 Å². The van der Waals surface area contributed by atoms with Crippen LogP contribution in [0.15, 0.2) is 29.3 Å². The number of para-hydroxylation sites is 1. The first-order chi connectivity index (χ1) is 12.8. The number of nitrogens with zero attached hydrogens (tertiary/aromatic N) is 3. The summed E-state index contributed by atoms with van der Waals surface area (Å²) in [4.78, 5) is 11.9. The number of piperidine rings is 1. The summed E-state index contributed by atoms with van der Waals surface area (Å²) in [5.41, 5.74) is 1.11. The smallest absolute Gasteiger partial charge is 0.193 e. The van der Waals surface area contributed by atoms with Crippen LogP contribution in [-0.4, -0.2) is 54.7 Å². The lowest BCUT2D eigenvalue weighted by Crippen LogP contribution is -2.47. The molecule has 3 rings (SSSR count). The van der Waals surface area contributed by atoms with Crippen molar-refractivity contribution in [3.05, 3.63) is 29.3 Å². The van der Waals surface area contributed by atoms with Gasteiger partial charge in [0.2, 0.25) is 0 Å². The highest BCUT2D eigenvalue weighted by Gasteiger charge is 2.21. The lowest BCUT2D eigenvalue weighted by Gasteiger charge is -2.34. The molecule has 0 atom stereocenters. The summed E-state index contributed by atoms with van der Waals surface area (Å²) in [6.07, 6.45) is 4.62. The Hall–Kier alpha value is -0.930. The number of guanidine groups is 1. The fourth-order valence-electron chi connectivity index (χ4n) is 3.34. The molecule has 1 aromatic heterocycles. The first-order valence-corrected chi connectivity index (χ1v) is 10.6. The molecule has 7 heteroatoms. The third-order valence-corrected chi connectivity index (χ3v) is 5.72. The quantitative estimate of drug-likeness (QED) is 0.265. The van der Waals surface area contributed by atoms with E-state index in [1.807, 2.05) is 6.07 Å². The highest BCUT2D eigenvalue weighted by atomic mass is 127. The minimum Gasteiger partial charge on any atom is -0.378 e. The van der Waals surface area contributed by atoms with Crippen LogP contribution in [-0.2, 0) is 11.2 Å². The number of hydrogen-bond donors (Lipinski definition) is 1. The molecular formula is C20H31IN4OS. The molecule has 2 aromatic rings. The Kier molecular flexibility index (Phi) is 9.78. The van der Waals surface area contributed by atoms with Crippen LogP contribution < -0.4 is 5.32 Å². The molecule has 0 aliphatic carbocycles. The number of thiazole rings is 1. The van der Waals surface area contributed by atoms with E-state index < -0.39 is 0 Å². The zero-order valence-electron chi connectivity index (χ0n) is 16.3. The van der Waals surface area contributed by atoms with Crippen LogP contribution in [0.3, 0.4) is 0 Å². The van der Waals surface area contributed by atoms with Crippen LogP contribution in [0.2, 0.25) is 0 Å². The average molecular weight is 502 g/mol. The molecule has 5 nitrogen and oxygen atoms in total. The molecule has 0 amide bonds. The van der Waals surface area contributed by atoms with Crippen LogP contribution in [0.1, 0.15) is 38.1 Å². The Balaban J connectivity index is 0.00000261. The molecule has 1 aliphatic heterocycles. The molecule has 1 aromatic carbocycles. The van der Waals surface area contributed by atoms with Crippen LogP contribution in [0.25, 0.3) is 10.2 Å². The number of aryl methyl sites for hydroxylation is 1. The number of hydrogen-bond acceptors (Lipinski definition) is 4. The molecule has 1 saturated heterocycles. The molecule has 1 fully saturated rings. The van der Waals surface area contributed by atoms with Gasteiger partial charge in [0, 0.05) is 39.2 Å². The van der Waals surface area contributed by atoms with Gasteiger partial charge in [0.25, 0.3) is 0 Å². The van der Waals surface area contributed by atoms with Crippen molar-refractivity contribution in [3.63, 3.8) is 0 Å². The van der Waals surface area contributed by atoms with Crippen molar-refractivity contribution in [3.8, 4) is 0 Å². The highest BCUT2D eigenvalue weighted by Crippen LogP contribution is 2.22. The van der Waals surface area contributed by atoms with Crippen molar-refractivity contribution in [1.29, 1.82) is 0 Å². The molecular weight excluding hydrogens is 471 g/mol. The number of benzene rings is 1. The maximum Gasteiger partial charge on any atom is 0.193 e. The number of rotatable bonds is 7. The van der Waals surface area contributed by atoms with E-state index in [2.05, 4.69) is 42.3 Å². The SMILES string of the molecule is CCNC(=NCCCc1nc2ccccc2s1)N1CCC(OCC)CC1.I. The predicted octanol–water partition coefficient (Wildman–Crippen LogP) is 4.31. The number of aromatic nitrogens is 1. The molecule has 0 bridgehead atoms. The van der Waals surface area contributed by atoms with Gasteiger partial charge in [0.1, 0.15) is 0 Å². The zero-order chi connectivity index (χ0) is 18.2.